The van der Waals surface area contributed by atoms with E-state index in [-0.39, 0.29) is 17.0 Å². The first-order chi connectivity index (χ1) is 14.6. The zero-order valence-corrected chi connectivity index (χ0v) is 18.4. The highest BCUT2D eigenvalue weighted by molar-refractivity contribution is 6.33. The van der Waals surface area contributed by atoms with E-state index in [0.29, 0.717) is 10.6 Å². The lowest BCUT2D eigenvalue weighted by Gasteiger charge is -2.40. The van der Waals surface area contributed by atoms with E-state index in [2.05, 4.69) is 35.4 Å². The number of nitrogens with zero attached hydrogens (tertiary/aromatic N) is 3. The van der Waals surface area contributed by atoms with Gasteiger partial charge in [0.1, 0.15) is 0 Å². The summed E-state index contributed by atoms with van der Waals surface area (Å²) in [5, 5.41) is 15.4. The van der Waals surface area contributed by atoms with Crippen LogP contribution in [0.3, 0.4) is 0 Å². The molecule has 2 aromatic rings. The quantitative estimate of drug-likeness (QED) is 0.406. The van der Waals surface area contributed by atoms with Crippen LogP contribution < -0.4 is 15.1 Å². The van der Waals surface area contributed by atoms with Crippen molar-refractivity contribution in [3.8, 4) is 5.75 Å². The normalized spacial score (nSPS) is 14.7. The van der Waals surface area contributed by atoms with Crippen molar-refractivity contribution in [2.24, 2.45) is 5.10 Å². The van der Waals surface area contributed by atoms with Gasteiger partial charge in [-0.05, 0) is 44.5 Å². The summed E-state index contributed by atoms with van der Waals surface area (Å²) in [6.07, 6.45) is 3.64. The fourth-order valence-electron chi connectivity index (χ4n) is 3.37. The van der Waals surface area contributed by atoms with Crippen molar-refractivity contribution in [2.45, 2.75) is 26.3 Å². The summed E-state index contributed by atoms with van der Waals surface area (Å²) >= 11 is 6.43. The monoisotopic (exact) mass is 442 g/mol. The highest BCUT2D eigenvalue weighted by Crippen LogP contribution is 2.40. The van der Waals surface area contributed by atoms with Crippen LogP contribution in [0.5, 0.6) is 5.75 Å². The Morgan fingerprint density at radius 1 is 1.35 bits per heavy atom. The third-order valence-corrected chi connectivity index (χ3v) is 5.48. The van der Waals surface area contributed by atoms with Crippen molar-refractivity contribution in [1.29, 1.82) is 0 Å². The maximum Gasteiger partial charge on any atom is 0.310 e. The molecule has 31 heavy (non-hydrogen) atoms. The number of nitrogens with one attached hydrogen (secondary N) is 1. The zero-order chi connectivity index (χ0) is 22.8. The molecule has 0 aliphatic carbocycles. The maximum absolute atomic E-state index is 12.0. The Bertz CT molecular complexity index is 1090. The number of rotatable bonds is 6. The summed E-state index contributed by atoms with van der Waals surface area (Å²) in [6, 6.07) is 9.65. The van der Waals surface area contributed by atoms with E-state index >= 15 is 0 Å². The summed E-state index contributed by atoms with van der Waals surface area (Å²) in [4.78, 5) is 24.6. The molecule has 2 aromatic carbocycles. The van der Waals surface area contributed by atoms with E-state index in [4.69, 9.17) is 16.3 Å². The molecular weight excluding hydrogens is 420 g/mol. The molecule has 0 radical (unpaired) electrons. The predicted molar refractivity (Wildman–Crippen MR) is 122 cm³/mol. The van der Waals surface area contributed by atoms with Gasteiger partial charge in [-0.15, -0.1) is 0 Å². The molecule has 0 unspecified atom stereocenters. The number of allylic oxidation sites excluding steroid dienone is 1. The number of hydrogen-bond donors (Lipinski definition) is 1. The number of nitro groups is 1. The number of likely N-dealkylation sites (N-methyl/N-ethyl adjacent to an activating group) is 1. The van der Waals surface area contributed by atoms with Crippen LogP contribution in [-0.2, 0) is 4.79 Å². The summed E-state index contributed by atoms with van der Waals surface area (Å²) in [5.74, 6) is -0.542. The molecule has 0 spiro atoms. The van der Waals surface area contributed by atoms with Crippen LogP contribution in [0.15, 0.2) is 47.6 Å². The van der Waals surface area contributed by atoms with Gasteiger partial charge < -0.3 is 9.64 Å². The van der Waals surface area contributed by atoms with E-state index in [1.165, 1.54) is 24.4 Å². The Labute approximate surface area is 185 Å². The molecule has 0 fully saturated rings. The number of hydrazone groups is 1. The van der Waals surface area contributed by atoms with Crippen molar-refractivity contribution >= 4 is 40.7 Å². The van der Waals surface area contributed by atoms with Gasteiger partial charge in [0.2, 0.25) is 0 Å². The Balaban J connectivity index is 1.67. The SMILES string of the molecule is CC1=CC(C)(C)N(C)c2cc(Cl)c(/C=N\NC(=O)COc3ccccc3[N+](=O)[O-])cc21. The number of hydrogen-bond acceptors (Lipinski definition) is 6. The molecule has 0 bridgehead atoms. The van der Waals surface area contributed by atoms with E-state index in [1.807, 2.05) is 26.1 Å². The lowest BCUT2D eigenvalue weighted by atomic mass is 9.88. The molecule has 0 atom stereocenters. The first-order valence-electron chi connectivity index (χ1n) is 9.55. The molecular formula is C22H23ClN4O4. The van der Waals surface area contributed by atoms with Crippen molar-refractivity contribution in [2.75, 3.05) is 18.6 Å². The van der Waals surface area contributed by atoms with E-state index in [1.54, 1.807) is 6.07 Å². The van der Waals surface area contributed by atoms with Crippen molar-refractivity contribution in [3.05, 3.63) is 68.7 Å². The smallest absolute Gasteiger partial charge is 0.310 e. The van der Waals surface area contributed by atoms with Crippen LogP contribution >= 0.6 is 11.6 Å². The molecule has 162 valence electrons. The third kappa shape index (κ3) is 4.86. The number of fused-ring (bicyclic) bond motifs is 1. The third-order valence-electron chi connectivity index (χ3n) is 5.15. The molecule has 1 amide bonds. The first kappa shape index (κ1) is 22.3. The van der Waals surface area contributed by atoms with Crippen LogP contribution in [-0.4, -0.2) is 36.2 Å². The molecule has 1 N–H and O–H groups in total. The highest BCUT2D eigenvalue weighted by atomic mass is 35.5. The average Bonchev–Trinajstić information content (AvgIpc) is 2.71. The van der Waals surface area contributed by atoms with Crippen LogP contribution in [0.1, 0.15) is 31.9 Å². The summed E-state index contributed by atoms with van der Waals surface area (Å²) < 4.78 is 5.24. The van der Waals surface area contributed by atoms with Gasteiger partial charge in [0.15, 0.2) is 12.4 Å². The lowest BCUT2D eigenvalue weighted by molar-refractivity contribution is -0.385. The minimum atomic E-state index is -0.571. The number of nitro benzene ring substituents is 1. The van der Waals surface area contributed by atoms with Gasteiger partial charge in [-0.25, -0.2) is 5.43 Å². The molecule has 0 saturated heterocycles. The van der Waals surface area contributed by atoms with Gasteiger partial charge in [-0.2, -0.15) is 5.10 Å². The van der Waals surface area contributed by atoms with Crippen LogP contribution in [0, 0.1) is 10.1 Å². The maximum atomic E-state index is 12.0. The van der Waals surface area contributed by atoms with Crippen LogP contribution in [0.4, 0.5) is 11.4 Å². The predicted octanol–water partition coefficient (Wildman–Crippen LogP) is 4.41. The second-order valence-corrected chi connectivity index (χ2v) is 8.14. The second-order valence-electron chi connectivity index (χ2n) is 7.74. The molecule has 9 heteroatoms. The van der Waals surface area contributed by atoms with Crippen LogP contribution in [0.2, 0.25) is 5.02 Å². The molecule has 1 aliphatic rings. The highest BCUT2D eigenvalue weighted by Gasteiger charge is 2.29. The van der Waals surface area contributed by atoms with E-state index in [0.717, 1.165) is 16.8 Å². The molecule has 8 nitrogen and oxygen atoms in total. The lowest BCUT2D eigenvalue weighted by Crippen LogP contribution is -2.42. The summed E-state index contributed by atoms with van der Waals surface area (Å²) in [7, 11) is 2.02. The fourth-order valence-corrected chi connectivity index (χ4v) is 3.57. The zero-order valence-electron chi connectivity index (χ0n) is 17.7. The van der Waals surface area contributed by atoms with Crippen molar-refractivity contribution in [3.63, 3.8) is 0 Å². The number of ether oxygens (including phenoxy) is 1. The number of amides is 1. The van der Waals surface area contributed by atoms with Gasteiger partial charge in [-0.3, -0.25) is 14.9 Å². The molecule has 3 rings (SSSR count). The van der Waals surface area contributed by atoms with Crippen molar-refractivity contribution < 1.29 is 14.5 Å². The van der Waals surface area contributed by atoms with Crippen molar-refractivity contribution in [1.82, 2.24) is 5.43 Å². The van der Waals surface area contributed by atoms with Gasteiger partial charge in [0, 0.05) is 29.9 Å². The molecule has 0 aromatic heterocycles. The second kappa shape index (κ2) is 8.77. The Hall–Kier alpha value is -3.39. The summed E-state index contributed by atoms with van der Waals surface area (Å²) in [6.45, 7) is 5.89. The minimum absolute atomic E-state index is 0.0127. The van der Waals surface area contributed by atoms with Gasteiger partial charge >= 0.3 is 5.69 Å². The number of para-hydroxylation sites is 2. The van der Waals surface area contributed by atoms with Gasteiger partial charge in [-0.1, -0.05) is 29.8 Å². The largest absolute Gasteiger partial charge is 0.477 e. The van der Waals surface area contributed by atoms with Crippen LogP contribution in [0.25, 0.3) is 5.57 Å². The Morgan fingerprint density at radius 3 is 2.77 bits per heavy atom. The molecule has 0 saturated carbocycles. The standard InChI is InChI=1S/C22H23ClN4O4/c1-14-11-22(2,3)26(4)19-10-17(23)15(9-16(14)19)12-24-25-21(28)13-31-20-8-6-5-7-18(20)27(29)30/h5-12H,13H2,1-4H3,(H,25,28)/b24-12-. The number of anilines is 1. The average molecular weight is 443 g/mol. The minimum Gasteiger partial charge on any atom is -0.477 e. The Morgan fingerprint density at radius 2 is 2.06 bits per heavy atom. The number of carbonyl (C=O) groups is 1. The first-order valence-corrected chi connectivity index (χ1v) is 9.93. The van der Waals surface area contributed by atoms with E-state index in [9.17, 15) is 14.9 Å². The number of carbonyl (C=O) groups excluding carboxylic acids is 1. The van der Waals surface area contributed by atoms with E-state index < -0.39 is 17.4 Å². The molecule has 1 heterocycles. The molecule has 1 aliphatic heterocycles. The van der Waals surface area contributed by atoms with Gasteiger partial charge in [0.25, 0.3) is 5.91 Å². The van der Waals surface area contributed by atoms with Gasteiger partial charge in [0.05, 0.1) is 21.7 Å². The fraction of sp³-hybridized carbons (Fsp3) is 0.273. The number of benzene rings is 2. The Kier molecular flexibility index (Phi) is 6.31. The number of halogens is 1. The summed E-state index contributed by atoms with van der Waals surface area (Å²) in [5.41, 5.74) is 5.85. The topological polar surface area (TPSA) is 97.1 Å².